The van der Waals surface area contributed by atoms with Gasteiger partial charge in [0.25, 0.3) is 5.56 Å². The van der Waals surface area contributed by atoms with Gasteiger partial charge in [0.1, 0.15) is 11.6 Å². The summed E-state index contributed by atoms with van der Waals surface area (Å²) in [6, 6.07) is 9.18. The van der Waals surface area contributed by atoms with Crippen LogP contribution in [0.2, 0.25) is 0 Å². The van der Waals surface area contributed by atoms with E-state index in [1.165, 1.54) is 22.9 Å². The fourth-order valence-corrected chi connectivity index (χ4v) is 2.35. The van der Waals surface area contributed by atoms with Crippen LogP contribution in [0.4, 0.5) is 4.39 Å². The van der Waals surface area contributed by atoms with E-state index < -0.39 is 0 Å². The molecule has 5 nitrogen and oxygen atoms in total. The normalized spacial score (nSPS) is 10.9. The highest BCUT2D eigenvalue weighted by atomic mass is 19.1. The Balaban J connectivity index is 2.02. The molecule has 2 heterocycles. The van der Waals surface area contributed by atoms with E-state index in [1.807, 2.05) is 6.92 Å². The highest BCUT2D eigenvalue weighted by Crippen LogP contribution is 2.23. The second kappa shape index (κ2) is 5.55. The zero-order valence-electron chi connectivity index (χ0n) is 12.2. The minimum Gasteiger partial charge on any atom is -0.361 e. The quantitative estimate of drug-likeness (QED) is 0.746. The SMILES string of the molecule is Cc1noc(C)c1-c1ccc(=O)n(Cc2cccc(F)c2)n1. The van der Waals surface area contributed by atoms with Crippen LogP contribution in [0.3, 0.4) is 0 Å². The molecule has 6 heteroatoms. The minimum atomic E-state index is -0.340. The molecule has 0 aliphatic rings. The Kier molecular flexibility index (Phi) is 3.58. The summed E-state index contributed by atoms with van der Waals surface area (Å²) in [5.74, 6) is 0.299. The van der Waals surface area contributed by atoms with Gasteiger partial charge in [0.2, 0.25) is 0 Å². The smallest absolute Gasteiger partial charge is 0.267 e. The Morgan fingerprint density at radius 1 is 1.23 bits per heavy atom. The number of benzene rings is 1. The first kappa shape index (κ1) is 14.2. The summed E-state index contributed by atoms with van der Waals surface area (Å²) in [4.78, 5) is 12.0. The van der Waals surface area contributed by atoms with E-state index >= 15 is 0 Å². The van der Waals surface area contributed by atoms with Gasteiger partial charge in [-0.1, -0.05) is 17.3 Å². The fourth-order valence-electron chi connectivity index (χ4n) is 2.35. The number of aryl methyl sites for hydroxylation is 2. The molecule has 0 saturated heterocycles. The molecule has 22 heavy (non-hydrogen) atoms. The molecule has 0 amide bonds. The molecule has 0 spiro atoms. The minimum absolute atomic E-state index is 0.202. The number of aromatic nitrogens is 3. The molecule has 2 aromatic heterocycles. The first-order chi connectivity index (χ1) is 10.5. The van der Waals surface area contributed by atoms with Crippen molar-refractivity contribution in [3.05, 3.63) is 69.6 Å². The predicted octanol–water partition coefficient (Wildman–Crippen LogP) is 2.70. The largest absolute Gasteiger partial charge is 0.361 e. The zero-order valence-corrected chi connectivity index (χ0v) is 12.2. The summed E-state index contributed by atoms with van der Waals surface area (Å²) in [5.41, 5.74) is 2.51. The van der Waals surface area contributed by atoms with Crippen molar-refractivity contribution in [1.29, 1.82) is 0 Å². The topological polar surface area (TPSA) is 60.9 Å². The van der Waals surface area contributed by atoms with Gasteiger partial charge in [-0.05, 0) is 37.6 Å². The molecule has 0 atom stereocenters. The van der Waals surface area contributed by atoms with Crippen molar-refractivity contribution in [2.75, 3.05) is 0 Å². The van der Waals surface area contributed by atoms with Crippen molar-refractivity contribution in [3.8, 4) is 11.3 Å². The number of hydrogen-bond acceptors (Lipinski definition) is 4. The van der Waals surface area contributed by atoms with E-state index in [-0.39, 0.29) is 17.9 Å². The highest BCUT2D eigenvalue weighted by Gasteiger charge is 2.14. The molecular formula is C16H14FN3O2. The molecule has 3 rings (SSSR count). The molecule has 0 saturated carbocycles. The maximum absolute atomic E-state index is 13.3. The molecule has 112 valence electrons. The second-order valence-electron chi connectivity index (χ2n) is 5.04. The van der Waals surface area contributed by atoms with Crippen LogP contribution in [0.15, 0.2) is 45.7 Å². The summed E-state index contributed by atoms with van der Waals surface area (Å²) in [5, 5.41) is 8.23. The van der Waals surface area contributed by atoms with Crippen LogP contribution in [-0.4, -0.2) is 14.9 Å². The Bertz CT molecular complexity index is 864. The van der Waals surface area contributed by atoms with Gasteiger partial charge >= 0.3 is 0 Å². The van der Waals surface area contributed by atoms with E-state index in [4.69, 9.17) is 4.52 Å². The van der Waals surface area contributed by atoms with E-state index in [0.717, 1.165) is 5.56 Å². The lowest BCUT2D eigenvalue weighted by molar-refractivity contribution is 0.393. The lowest BCUT2D eigenvalue weighted by Gasteiger charge is -2.07. The lowest BCUT2D eigenvalue weighted by atomic mass is 10.1. The first-order valence-corrected chi connectivity index (χ1v) is 6.80. The summed E-state index contributed by atoms with van der Waals surface area (Å²) < 4.78 is 19.7. The third-order valence-electron chi connectivity index (χ3n) is 3.38. The number of hydrogen-bond donors (Lipinski definition) is 0. The van der Waals surface area contributed by atoms with Crippen LogP contribution in [-0.2, 0) is 6.54 Å². The summed E-state index contributed by atoms with van der Waals surface area (Å²) >= 11 is 0. The maximum atomic E-state index is 13.3. The van der Waals surface area contributed by atoms with Crippen LogP contribution in [0.25, 0.3) is 11.3 Å². The van der Waals surface area contributed by atoms with Gasteiger partial charge in [0, 0.05) is 6.07 Å². The van der Waals surface area contributed by atoms with Gasteiger partial charge in [-0.2, -0.15) is 5.10 Å². The molecule has 0 aliphatic carbocycles. The van der Waals surface area contributed by atoms with Gasteiger partial charge < -0.3 is 4.52 Å². The van der Waals surface area contributed by atoms with E-state index in [1.54, 1.807) is 25.1 Å². The summed E-state index contributed by atoms with van der Waals surface area (Å²) in [6.45, 7) is 3.81. The van der Waals surface area contributed by atoms with E-state index in [9.17, 15) is 9.18 Å². The Morgan fingerprint density at radius 3 is 2.73 bits per heavy atom. The Morgan fingerprint density at radius 2 is 2.05 bits per heavy atom. The molecule has 0 aliphatic heterocycles. The van der Waals surface area contributed by atoms with Crippen molar-refractivity contribution in [1.82, 2.24) is 14.9 Å². The van der Waals surface area contributed by atoms with Crippen molar-refractivity contribution < 1.29 is 8.91 Å². The average Bonchev–Trinajstić information content (AvgIpc) is 2.81. The van der Waals surface area contributed by atoms with Crippen LogP contribution >= 0.6 is 0 Å². The zero-order chi connectivity index (χ0) is 15.7. The van der Waals surface area contributed by atoms with Gasteiger partial charge in [-0.25, -0.2) is 9.07 Å². The van der Waals surface area contributed by atoms with Crippen LogP contribution in [0.5, 0.6) is 0 Å². The van der Waals surface area contributed by atoms with E-state index in [0.29, 0.717) is 22.7 Å². The van der Waals surface area contributed by atoms with Gasteiger partial charge in [-0.15, -0.1) is 0 Å². The highest BCUT2D eigenvalue weighted by molar-refractivity contribution is 5.62. The molecule has 1 aromatic carbocycles. The lowest BCUT2D eigenvalue weighted by Crippen LogP contribution is -2.23. The van der Waals surface area contributed by atoms with Gasteiger partial charge in [0.05, 0.1) is 23.5 Å². The third kappa shape index (κ3) is 2.67. The van der Waals surface area contributed by atoms with Crippen LogP contribution in [0, 0.1) is 19.7 Å². The van der Waals surface area contributed by atoms with Crippen molar-refractivity contribution in [2.45, 2.75) is 20.4 Å². The first-order valence-electron chi connectivity index (χ1n) is 6.80. The fraction of sp³-hybridized carbons (Fsp3) is 0.188. The van der Waals surface area contributed by atoms with Crippen molar-refractivity contribution in [2.24, 2.45) is 0 Å². The van der Waals surface area contributed by atoms with E-state index in [2.05, 4.69) is 10.3 Å². The monoisotopic (exact) mass is 299 g/mol. The molecule has 0 unspecified atom stereocenters. The summed E-state index contributed by atoms with van der Waals surface area (Å²) in [6.07, 6.45) is 0. The summed E-state index contributed by atoms with van der Waals surface area (Å²) in [7, 11) is 0. The number of rotatable bonds is 3. The Hall–Kier alpha value is -2.76. The Labute approximate surface area is 126 Å². The van der Waals surface area contributed by atoms with Crippen molar-refractivity contribution >= 4 is 0 Å². The van der Waals surface area contributed by atoms with Crippen LogP contribution in [0.1, 0.15) is 17.0 Å². The second-order valence-corrected chi connectivity index (χ2v) is 5.04. The van der Waals surface area contributed by atoms with Gasteiger partial charge in [-0.3, -0.25) is 4.79 Å². The number of nitrogens with zero attached hydrogens (tertiary/aromatic N) is 3. The standard InChI is InChI=1S/C16H14FN3O2/c1-10-16(11(2)22-19-10)14-6-7-15(21)20(18-14)9-12-4-3-5-13(17)8-12/h3-8H,9H2,1-2H3. The average molecular weight is 299 g/mol. The third-order valence-corrected chi connectivity index (χ3v) is 3.38. The molecule has 0 fully saturated rings. The molecule has 0 N–H and O–H groups in total. The van der Waals surface area contributed by atoms with Crippen molar-refractivity contribution in [3.63, 3.8) is 0 Å². The number of halogens is 1. The molecular weight excluding hydrogens is 285 g/mol. The molecule has 3 aromatic rings. The predicted molar refractivity (Wildman–Crippen MR) is 79.0 cm³/mol. The van der Waals surface area contributed by atoms with Gasteiger partial charge in [0.15, 0.2) is 0 Å². The molecule has 0 radical (unpaired) electrons. The molecule has 0 bridgehead atoms. The maximum Gasteiger partial charge on any atom is 0.267 e. The van der Waals surface area contributed by atoms with Crippen LogP contribution < -0.4 is 5.56 Å².